The van der Waals surface area contributed by atoms with Crippen LogP contribution in [0.3, 0.4) is 0 Å². The van der Waals surface area contributed by atoms with Crippen molar-refractivity contribution in [1.82, 2.24) is 0 Å². The van der Waals surface area contributed by atoms with Crippen LogP contribution in [-0.4, -0.2) is 5.97 Å². The summed E-state index contributed by atoms with van der Waals surface area (Å²) in [5, 5.41) is 10.4. The Morgan fingerprint density at radius 3 is 2.73 bits per heavy atom. The number of carbonyl (C=O) groups excluding carboxylic acids is 1. The summed E-state index contributed by atoms with van der Waals surface area (Å²) in [5.41, 5.74) is 0. The van der Waals surface area contributed by atoms with Crippen molar-refractivity contribution >= 4 is 33.2 Å². The SMILES string of the molecule is CCc1sc(C(=O)[O-])cc1Br. The lowest BCUT2D eigenvalue weighted by atomic mass is 10.4. The summed E-state index contributed by atoms with van der Waals surface area (Å²) >= 11 is 4.52. The lowest BCUT2D eigenvalue weighted by molar-refractivity contribution is -0.254. The molecule has 2 nitrogen and oxygen atoms in total. The third-order valence-electron chi connectivity index (χ3n) is 1.28. The summed E-state index contributed by atoms with van der Waals surface area (Å²) < 4.78 is 0.865. The van der Waals surface area contributed by atoms with Gasteiger partial charge in [0, 0.05) is 9.35 Å². The molecule has 1 aromatic heterocycles. The molecule has 1 aromatic rings. The van der Waals surface area contributed by atoms with Gasteiger partial charge in [-0.05, 0) is 28.4 Å². The van der Waals surface area contributed by atoms with Crippen molar-refractivity contribution in [3.63, 3.8) is 0 Å². The Labute approximate surface area is 77.0 Å². The van der Waals surface area contributed by atoms with E-state index in [1.54, 1.807) is 6.07 Å². The molecule has 0 amide bonds. The highest BCUT2D eigenvalue weighted by molar-refractivity contribution is 9.10. The molecule has 0 atom stereocenters. The number of carboxylic acid groups (broad SMARTS) is 1. The maximum atomic E-state index is 10.4. The highest BCUT2D eigenvalue weighted by Gasteiger charge is 2.04. The van der Waals surface area contributed by atoms with Crippen LogP contribution < -0.4 is 5.11 Å². The largest absolute Gasteiger partial charge is 0.544 e. The van der Waals surface area contributed by atoms with Crippen LogP contribution in [0.15, 0.2) is 10.5 Å². The summed E-state index contributed by atoms with van der Waals surface area (Å²) in [6, 6.07) is 1.58. The Morgan fingerprint density at radius 1 is 1.82 bits per heavy atom. The fourth-order valence-corrected chi connectivity index (χ4v) is 2.48. The summed E-state index contributed by atoms with van der Waals surface area (Å²) in [4.78, 5) is 11.7. The van der Waals surface area contributed by atoms with Crippen molar-refractivity contribution in [2.24, 2.45) is 0 Å². The predicted octanol–water partition coefficient (Wildman–Crippen LogP) is 1.44. The zero-order chi connectivity index (χ0) is 8.43. The first-order valence-electron chi connectivity index (χ1n) is 3.14. The number of halogens is 1. The second-order valence-electron chi connectivity index (χ2n) is 2.02. The average Bonchev–Trinajstić information content (AvgIpc) is 2.31. The van der Waals surface area contributed by atoms with Crippen molar-refractivity contribution < 1.29 is 9.90 Å². The maximum Gasteiger partial charge on any atom is 0.0815 e. The first-order valence-corrected chi connectivity index (χ1v) is 4.75. The second-order valence-corrected chi connectivity index (χ2v) is 4.01. The number of hydrogen-bond donors (Lipinski definition) is 0. The zero-order valence-electron chi connectivity index (χ0n) is 5.89. The van der Waals surface area contributed by atoms with Gasteiger partial charge < -0.3 is 9.90 Å². The first-order chi connectivity index (χ1) is 5.15. The van der Waals surface area contributed by atoms with E-state index in [4.69, 9.17) is 0 Å². The van der Waals surface area contributed by atoms with Crippen LogP contribution in [0, 0.1) is 0 Å². The standard InChI is InChI=1S/C7H7BrO2S/c1-2-5-4(8)3-6(11-5)7(9)10/h3H,2H2,1H3,(H,9,10)/p-1. The molecule has 1 rings (SSSR count). The Morgan fingerprint density at radius 2 is 2.45 bits per heavy atom. The van der Waals surface area contributed by atoms with Gasteiger partial charge in [0.05, 0.1) is 10.8 Å². The second kappa shape index (κ2) is 3.36. The van der Waals surface area contributed by atoms with E-state index in [2.05, 4.69) is 15.9 Å². The van der Waals surface area contributed by atoms with E-state index in [0.717, 1.165) is 15.8 Å². The molecule has 0 bridgehead atoms. The maximum absolute atomic E-state index is 10.4. The Bertz CT molecular complexity index is 280. The molecule has 1 heterocycles. The molecular weight excluding hydrogens is 228 g/mol. The van der Waals surface area contributed by atoms with E-state index in [1.165, 1.54) is 11.3 Å². The molecule has 0 radical (unpaired) electrons. The molecule has 0 aliphatic rings. The van der Waals surface area contributed by atoms with Crippen molar-refractivity contribution in [1.29, 1.82) is 0 Å². The molecule has 0 aliphatic carbocycles. The number of carbonyl (C=O) groups is 1. The van der Waals surface area contributed by atoms with Gasteiger partial charge in [0.15, 0.2) is 0 Å². The van der Waals surface area contributed by atoms with E-state index in [0.29, 0.717) is 0 Å². The minimum absolute atomic E-state index is 0.286. The highest BCUT2D eigenvalue weighted by atomic mass is 79.9. The van der Waals surface area contributed by atoms with E-state index in [-0.39, 0.29) is 4.88 Å². The van der Waals surface area contributed by atoms with Gasteiger partial charge in [-0.3, -0.25) is 0 Å². The smallest absolute Gasteiger partial charge is 0.0815 e. The molecule has 4 heteroatoms. The van der Waals surface area contributed by atoms with Crippen LogP contribution in [0.4, 0.5) is 0 Å². The Kier molecular flexibility index (Phi) is 2.67. The van der Waals surface area contributed by atoms with Crippen molar-refractivity contribution in [2.45, 2.75) is 13.3 Å². The molecule has 0 aliphatic heterocycles. The fourth-order valence-electron chi connectivity index (χ4n) is 0.748. The molecule has 0 fully saturated rings. The van der Waals surface area contributed by atoms with Gasteiger partial charge >= 0.3 is 0 Å². The first kappa shape index (κ1) is 8.74. The zero-order valence-corrected chi connectivity index (χ0v) is 8.29. The van der Waals surface area contributed by atoms with E-state index < -0.39 is 5.97 Å². The van der Waals surface area contributed by atoms with Gasteiger partial charge in [-0.15, -0.1) is 11.3 Å². The quantitative estimate of drug-likeness (QED) is 0.776. The number of carboxylic acids is 1. The number of hydrogen-bond acceptors (Lipinski definition) is 3. The van der Waals surface area contributed by atoms with E-state index in [9.17, 15) is 9.90 Å². The summed E-state index contributed by atoms with van der Waals surface area (Å²) in [7, 11) is 0. The number of aryl methyl sites for hydroxylation is 1. The average molecular weight is 234 g/mol. The van der Waals surface area contributed by atoms with E-state index >= 15 is 0 Å². The minimum Gasteiger partial charge on any atom is -0.544 e. The molecule has 0 N–H and O–H groups in total. The van der Waals surface area contributed by atoms with Gasteiger partial charge in [-0.25, -0.2) is 0 Å². The Hall–Kier alpha value is -0.350. The molecule has 0 saturated carbocycles. The van der Waals surface area contributed by atoms with Gasteiger partial charge in [0.25, 0.3) is 0 Å². The van der Waals surface area contributed by atoms with E-state index in [1.807, 2.05) is 6.92 Å². The summed E-state index contributed by atoms with van der Waals surface area (Å²) in [6.07, 6.45) is 0.846. The summed E-state index contributed by atoms with van der Waals surface area (Å²) in [5.74, 6) is -1.10. The molecule has 0 unspecified atom stereocenters. The number of aromatic carboxylic acids is 1. The molecule has 11 heavy (non-hydrogen) atoms. The van der Waals surface area contributed by atoms with Crippen LogP contribution in [0.1, 0.15) is 21.5 Å². The summed E-state index contributed by atoms with van der Waals surface area (Å²) in [6.45, 7) is 1.98. The minimum atomic E-state index is -1.10. The molecule has 0 spiro atoms. The van der Waals surface area contributed by atoms with Gasteiger partial charge in [-0.1, -0.05) is 6.92 Å². The van der Waals surface area contributed by atoms with Crippen molar-refractivity contribution in [3.05, 3.63) is 20.3 Å². The molecule has 0 aromatic carbocycles. The van der Waals surface area contributed by atoms with Crippen LogP contribution in [0.5, 0.6) is 0 Å². The third-order valence-corrected chi connectivity index (χ3v) is 3.51. The third kappa shape index (κ3) is 1.81. The fraction of sp³-hybridized carbons (Fsp3) is 0.286. The lowest BCUT2D eigenvalue weighted by Crippen LogP contribution is -2.20. The topological polar surface area (TPSA) is 40.1 Å². The Balaban J connectivity index is 3.05. The number of rotatable bonds is 2. The van der Waals surface area contributed by atoms with Crippen molar-refractivity contribution in [3.8, 4) is 0 Å². The van der Waals surface area contributed by atoms with Gasteiger partial charge in [0.2, 0.25) is 0 Å². The molecule has 0 saturated heterocycles. The monoisotopic (exact) mass is 233 g/mol. The van der Waals surface area contributed by atoms with Crippen molar-refractivity contribution in [2.75, 3.05) is 0 Å². The van der Waals surface area contributed by atoms with Crippen LogP contribution in [0.2, 0.25) is 0 Å². The highest BCUT2D eigenvalue weighted by Crippen LogP contribution is 2.27. The number of thiophene rings is 1. The normalized spacial score (nSPS) is 10.0. The van der Waals surface area contributed by atoms with Gasteiger partial charge in [0.1, 0.15) is 0 Å². The van der Waals surface area contributed by atoms with Crippen LogP contribution in [0.25, 0.3) is 0 Å². The van der Waals surface area contributed by atoms with Crippen LogP contribution in [-0.2, 0) is 6.42 Å². The van der Waals surface area contributed by atoms with Crippen LogP contribution >= 0.6 is 27.3 Å². The van der Waals surface area contributed by atoms with Gasteiger partial charge in [-0.2, -0.15) is 0 Å². The molecule has 60 valence electrons. The predicted molar refractivity (Wildman–Crippen MR) is 45.7 cm³/mol. The molecular formula is C7H6BrO2S-. The lowest BCUT2D eigenvalue weighted by Gasteiger charge is -1.92.